The molecule has 0 radical (unpaired) electrons. The van der Waals surface area contributed by atoms with Gasteiger partial charge in [0.15, 0.2) is 0 Å². The lowest BCUT2D eigenvalue weighted by Gasteiger charge is -2.26. The van der Waals surface area contributed by atoms with E-state index in [-0.39, 0.29) is 5.91 Å². The number of hydrogen-bond donors (Lipinski definition) is 0. The Hall–Kier alpha value is -0.530. The number of carbonyl (C=O) groups is 1. The first-order chi connectivity index (χ1) is 5.67. The Bertz CT molecular complexity index is 130. The predicted octanol–water partition coefficient (Wildman–Crippen LogP) is 2.43. The van der Waals surface area contributed by atoms with Crippen LogP contribution in [0.4, 0.5) is 0 Å². The number of amides is 1. The van der Waals surface area contributed by atoms with Gasteiger partial charge in [0.1, 0.15) is 0 Å². The molecule has 0 saturated carbocycles. The van der Waals surface area contributed by atoms with Crippen molar-refractivity contribution in [1.82, 2.24) is 4.90 Å². The zero-order valence-electron chi connectivity index (χ0n) is 8.76. The fourth-order valence-electron chi connectivity index (χ4n) is 1.43. The highest BCUT2D eigenvalue weighted by atomic mass is 16.2. The van der Waals surface area contributed by atoms with Gasteiger partial charge >= 0.3 is 0 Å². The summed E-state index contributed by atoms with van der Waals surface area (Å²) in [6, 6.07) is 0.434. The average Bonchev–Trinajstić information content (AvgIpc) is 2.07. The molecule has 2 nitrogen and oxygen atoms in total. The van der Waals surface area contributed by atoms with Crippen LogP contribution in [0, 0.1) is 0 Å². The van der Waals surface area contributed by atoms with Crippen molar-refractivity contribution in [3.8, 4) is 0 Å². The Labute approximate surface area is 75.9 Å². The summed E-state index contributed by atoms with van der Waals surface area (Å²) in [6.07, 6.45) is 3.75. The molecule has 0 aliphatic carbocycles. The van der Waals surface area contributed by atoms with Crippen LogP contribution in [0.3, 0.4) is 0 Å². The van der Waals surface area contributed by atoms with Crippen LogP contribution in [0.15, 0.2) is 0 Å². The SMILES string of the molecule is CCCC(=O)N(C)C(CC)CC. The molecule has 12 heavy (non-hydrogen) atoms. The maximum atomic E-state index is 11.4. The van der Waals surface area contributed by atoms with Crippen LogP contribution in [0.2, 0.25) is 0 Å². The van der Waals surface area contributed by atoms with E-state index < -0.39 is 0 Å². The van der Waals surface area contributed by atoms with E-state index in [9.17, 15) is 4.79 Å². The molecular formula is C10H21NO. The lowest BCUT2D eigenvalue weighted by Crippen LogP contribution is -2.35. The largest absolute Gasteiger partial charge is 0.343 e. The summed E-state index contributed by atoms with van der Waals surface area (Å²) in [5.41, 5.74) is 0. The maximum Gasteiger partial charge on any atom is 0.222 e. The van der Waals surface area contributed by atoms with Crippen LogP contribution in [-0.2, 0) is 4.79 Å². The van der Waals surface area contributed by atoms with Gasteiger partial charge < -0.3 is 4.90 Å². The van der Waals surface area contributed by atoms with Gasteiger partial charge in [0.05, 0.1) is 0 Å². The van der Waals surface area contributed by atoms with Crippen LogP contribution in [0.25, 0.3) is 0 Å². The van der Waals surface area contributed by atoms with Crippen molar-refractivity contribution < 1.29 is 4.79 Å². The van der Waals surface area contributed by atoms with Crippen LogP contribution < -0.4 is 0 Å². The van der Waals surface area contributed by atoms with Crippen LogP contribution in [0.5, 0.6) is 0 Å². The second-order valence-electron chi connectivity index (χ2n) is 3.22. The van der Waals surface area contributed by atoms with Crippen LogP contribution in [0.1, 0.15) is 46.5 Å². The summed E-state index contributed by atoms with van der Waals surface area (Å²) in [6.45, 7) is 6.30. The molecule has 0 N–H and O–H groups in total. The van der Waals surface area contributed by atoms with Crippen molar-refractivity contribution in [1.29, 1.82) is 0 Å². The van der Waals surface area contributed by atoms with E-state index >= 15 is 0 Å². The van der Waals surface area contributed by atoms with Gasteiger partial charge in [-0.25, -0.2) is 0 Å². The van der Waals surface area contributed by atoms with Crippen molar-refractivity contribution in [3.05, 3.63) is 0 Å². The van der Waals surface area contributed by atoms with Gasteiger partial charge in [0.25, 0.3) is 0 Å². The Kier molecular flexibility index (Phi) is 5.77. The van der Waals surface area contributed by atoms with E-state index in [1.165, 1.54) is 0 Å². The topological polar surface area (TPSA) is 20.3 Å². The van der Waals surface area contributed by atoms with Gasteiger partial charge in [-0.2, -0.15) is 0 Å². The van der Waals surface area contributed by atoms with Crippen LogP contribution in [-0.4, -0.2) is 23.9 Å². The second-order valence-corrected chi connectivity index (χ2v) is 3.22. The molecule has 1 amide bonds. The molecule has 0 fully saturated rings. The van der Waals surface area contributed by atoms with E-state index in [2.05, 4.69) is 13.8 Å². The van der Waals surface area contributed by atoms with Gasteiger partial charge in [0, 0.05) is 19.5 Å². The third-order valence-electron chi connectivity index (χ3n) is 2.35. The van der Waals surface area contributed by atoms with Crippen molar-refractivity contribution in [2.75, 3.05) is 7.05 Å². The maximum absolute atomic E-state index is 11.4. The van der Waals surface area contributed by atoms with Crippen molar-refractivity contribution >= 4 is 5.91 Å². The molecular weight excluding hydrogens is 150 g/mol. The van der Waals surface area contributed by atoms with Crippen LogP contribution >= 0.6 is 0 Å². The van der Waals surface area contributed by atoms with E-state index in [0.717, 1.165) is 19.3 Å². The quantitative estimate of drug-likeness (QED) is 0.622. The first kappa shape index (κ1) is 11.5. The van der Waals surface area contributed by atoms with Crippen molar-refractivity contribution in [2.24, 2.45) is 0 Å². The van der Waals surface area contributed by atoms with Gasteiger partial charge in [-0.1, -0.05) is 20.8 Å². The van der Waals surface area contributed by atoms with Gasteiger partial charge in [0.2, 0.25) is 5.91 Å². The Morgan fingerprint density at radius 2 is 1.75 bits per heavy atom. The molecule has 0 aromatic carbocycles. The van der Waals surface area contributed by atoms with E-state index in [1.807, 2.05) is 18.9 Å². The molecule has 2 heteroatoms. The van der Waals surface area contributed by atoms with Crippen molar-refractivity contribution in [2.45, 2.75) is 52.5 Å². The molecule has 0 saturated heterocycles. The average molecular weight is 171 g/mol. The summed E-state index contributed by atoms with van der Waals surface area (Å²) >= 11 is 0. The van der Waals surface area contributed by atoms with Gasteiger partial charge in [-0.3, -0.25) is 4.79 Å². The van der Waals surface area contributed by atoms with E-state index in [0.29, 0.717) is 12.5 Å². The van der Waals surface area contributed by atoms with E-state index in [1.54, 1.807) is 0 Å². The summed E-state index contributed by atoms with van der Waals surface area (Å²) in [5.74, 6) is 0.284. The zero-order valence-corrected chi connectivity index (χ0v) is 8.76. The molecule has 0 unspecified atom stereocenters. The Morgan fingerprint density at radius 1 is 1.25 bits per heavy atom. The lowest BCUT2D eigenvalue weighted by atomic mass is 10.1. The molecule has 0 spiro atoms. The summed E-state index contributed by atoms with van der Waals surface area (Å²) in [4.78, 5) is 13.3. The molecule has 0 aliphatic rings. The standard InChI is InChI=1S/C10H21NO/c1-5-8-10(12)11(4)9(6-2)7-3/h9H,5-8H2,1-4H3. The summed E-state index contributed by atoms with van der Waals surface area (Å²) in [7, 11) is 1.91. The first-order valence-corrected chi connectivity index (χ1v) is 4.92. The van der Waals surface area contributed by atoms with E-state index in [4.69, 9.17) is 0 Å². The molecule has 0 heterocycles. The fraction of sp³-hybridized carbons (Fsp3) is 0.900. The molecule has 0 atom stereocenters. The lowest BCUT2D eigenvalue weighted by molar-refractivity contribution is -0.132. The molecule has 0 aromatic rings. The second kappa shape index (κ2) is 6.04. The minimum absolute atomic E-state index is 0.284. The minimum atomic E-state index is 0.284. The number of nitrogens with zero attached hydrogens (tertiary/aromatic N) is 1. The number of hydrogen-bond acceptors (Lipinski definition) is 1. The molecule has 72 valence electrons. The summed E-state index contributed by atoms with van der Waals surface area (Å²) in [5, 5.41) is 0. The smallest absolute Gasteiger partial charge is 0.222 e. The monoisotopic (exact) mass is 171 g/mol. The molecule has 0 aromatic heterocycles. The summed E-state index contributed by atoms with van der Waals surface area (Å²) < 4.78 is 0. The Morgan fingerprint density at radius 3 is 2.08 bits per heavy atom. The number of carbonyl (C=O) groups excluding carboxylic acids is 1. The Balaban J connectivity index is 3.96. The first-order valence-electron chi connectivity index (χ1n) is 4.92. The number of rotatable bonds is 5. The molecule has 0 rings (SSSR count). The minimum Gasteiger partial charge on any atom is -0.343 e. The van der Waals surface area contributed by atoms with Gasteiger partial charge in [-0.05, 0) is 19.3 Å². The fourth-order valence-corrected chi connectivity index (χ4v) is 1.43. The highest BCUT2D eigenvalue weighted by Crippen LogP contribution is 2.08. The zero-order chi connectivity index (χ0) is 9.56. The predicted molar refractivity (Wildman–Crippen MR) is 52.0 cm³/mol. The normalized spacial score (nSPS) is 10.4. The molecule has 0 bridgehead atoms. The molecule has 0 aliphatic heterocycles. The highest BCUT2D eigenvalue weighted by molar-refractivity contribution is 5.76. The third-order valence-corrected chi connectivity index (χ3v) is 2.35. The highest BCUT2D eigenvalue weighted by Gasteiger charge is 2.14. The van der Waals surface area contributed by atoms with Crippen molar-refractivity contribution in [3.63, 3.8) is 0 Å². The third kappa shape index (κ3) is 3.24. The van der Waals surface area contributed by atoms with Gasteiger partial charge in [-0.15, -0.1) is 0 Å².